The van der Waals surface area contributed by atoms with Crippen molar-refractivity contribution in [1.82, 2.24) is 9.97 Å². The van der Waals surface area contributed by atoms with E-state index in [0.717, 1.165) is 0 Å². The Morgan fingerprint density at radius 3 is 3.00 bits per heavy atom. The van der Waals surface area contributed by atoms with Crippen LogP contribution in [0, 0.1) is 0 Å². The first-order valence-electron chi connectivity index (χ1n) is 5.61. The molecule has 18 heavy (non-hydrogen) atoms. The molecule has 0 saturated carbocycles. The molecule has 1 aliphatic heterocycles. The first kappa shape index (κ1) is 12.7. The number of carbonyl (C=O) groups excluding carboxylic acids is 1. The van der Waals surface area contributed by atoms with Gasteiger partial charge in [0.1, 0.15) is 17.0 Å². The number of hydrogen-bond donors (Lipinski definition) is 1. The number of aromatic nitrogens is 2. The predicted molar refractivity (Wildman–Crippen MR) is 71.8 cm³/mol. The van der Waals surface area contributed by atoms with Gasteiger partial charge in [0.15, 0.2) is 5.82 Å². The highest BCUT2D eigenvalue weighted by Crippen LogP contribution is 2.30. The van der Waals surface area contributed by atoms with Gasteiger partial charge in [0.05, 0.1) is 18.3 Å². The topological polar surface area (TPSA) is 67.3 Å². The molecule has 0 bridgehead atoms. The standard InChI is InChI=1S/C11H14N4O2S/c1-6(2)17-11(16)15-7(3)10(18)14-9-8(15)4-12-5-13-9/h4-7H,1-3H3,(H,12,13,14,18). The van der Waals surface area contributed by atoms with Crippen LogP contribution in [0.4, 0.5) is 16.3 Å². The Kier molecular flexibility index (Phi) is 3.42. The molecule has 7 heteroatoms. The van der Waals surface area contributed by atoms with Gasteiger partial charge in [-0.1, -0.05) is 12.2 Å². The van der Waals surface area contributed by atoms with E-state index in [9.17, 15) is 4.79 Å². The molecule has 1 aromatic rings. The average Bonchev–Trinajstić information content (AvgIpc) is 2.29. The van der Waals surface area contributed by atoms with Gasteiger partial charge in [0.25, 0.3) is 0 Å². The Morgan fingerprint density at radius 1 is 1.61 bits per heavy atom. The van der Waals surface area contributed by atoms with E-state index in [2.05, 4.69) is 15.3 Å². The summed E-state index contributed by atoms with van der Waals surface area (Å²) in [4.78, 5) is 22.1. The monoisotopic (exact) mass is 266 g/mol. The maximum atomic E-state index is 12.1. The summed E-state index contributed by atoms with van der Waals surface area (Å²) in [7, 11) is 0. The Balaban J connectivity index is 2.38. The molecule has 0 fully saturated rings. The number of carbonyl (C=O) groups is 1. The van der Waals surface area contributed by atoms with Gasteiger partial charge in [0.2, 0.25) is 0 Å². The van der Waals surface area contributed by atoms with E-state index < -0.39 is 6.09 Å². The van der Waals surface area contributed by atoms with Crippen molar-refractivity contribution in [1.29, 1.82) is 0 Å². The molecule has 0 saturated heterocycles. The van der Waals surface area contributed by atoms with Crippen LogP contribution in [0.15, 0.2) is 12.5 Å². The van der Waals surface area contributed by atoms with Gasteiger partial charge in [-0.2, -0.15) is 0 Å². The number of nitrogens with one attached hydrogen (secondary N) is 1. The lowest BCUT2D eigenvalue weighted by molar-refractivity contribution is 0.122. The predicted octanol–water partition coefficient (Wildman–Crippen LogP) is 1.97. The Bertz CT molecular complexity index is 492. The third-order valence-corrected chi connectivity index (χ3v) is 2.94. The maximum absolute atomic E-state index is 12.1. The van der Waals surface area contributed by atoms with E-state index in [4.69, 9.17) is 17.0 Å². The van der Waals surface area contributed by atoms with Gasteiger partial charge in [-0.25, -0.2) is 14.8 Å². The third-order valence-electron chi connectivity index (χ3n) is 2.49. The van der Waals surface area contributed by atoms with Crippen molar-refractivity contribution in [2.45, 2.75) is 32.9 Å². The lowest BCUT2D eigenvalue weighted by Gasteiger charge is -2.34. The molecule has 2 heterocycles. The summed E-state index contributed by atoms with van der Waals surface area (Å²) in [6, 6.07) is -0.287. The van der Waals surface area contributed by atoms with Gasteiger partial charge < -0.3 is 10.1 Å². The van der Waals surface area contributed by atoms with Crippen LogP contribution >= 0.6 is 12.2 Å². The van der Waals surface area contributed by atoms with Crippen LogP contribution in [0.2, 0.25) is 0 Å². The third kappa shape index (κ3) is 2.26. The van der Waals surface area contributed by atoms with Crippen molar-refractivity contribution >= 4 is 34.8 Å². The van der Waals surface area contributed by atoms with Gasteiger partial charge in [-0.15, -0.1) is 0 Å². The normalized spacial score (nSPS) is 18.3. The number of thiocarbonyl (C=S) groups is 1. The molecular formula is C11H14N4O2S. The number of nitrogens with zero attached hydrogens (tertiary/aromatic N) is 3. The molecular weight excluding hydrogens is 252 g/mol. The quantitative estimate of drug-likeness (QED) is 0.784. The molecule has 1 N–H and O–H groups in total. The SMILES string of the molecule is CC(C)OC(=O)N1c2cncnc2NC(=S)C1C. The number of ether oxygens (including phenoxy) is 1. The zero-order valence-corrected chi connectivity index (χ0v) is 11.2. The molecule has 0 aliphatic carbocycles. The van der Waals surface area contributed by atoms with Crippen LogP contribution in [0.25, 0.3) is 0 Å². The zero-order valence-electron chi connectivity index (χ0n) is 10.4. The van der Waals surface area contributed by atoms with Crippen molar-refractivity contribution in [2.24, 2.45) is 0 Å². The maximum Gasteiger partial charge on any atom is 0.415 e. The second-order valence-corrected chi connectivity index (χ2v) is 4.66. The fraction of sp³-hybridized carbons (Fsp3) is 0.455. The van der Waals surface area contributed by atoms with Crippen molar-refractivity contribution in [3.05, 3.63) is 12.5 Å². The van der Waals surface area contributed by atoms with Crippen molar-refractivity contribution in [3.8, 4) is 0 Å². The van der Waals surface area contributed by atoms with Crippen LogP contribution in [-0.4, -0.2) is 33.2 Å². The molecule has 0 aromatic carbocycles. The molecule has 6 nitrogen and oxygen atoms in total. The van der Waals surface area contributed by atoms with Crippen LogP contribution in [0.5, 0.6) is 0 Å². The second kappa shape index (κ2) is 4.85. The molecule has 96 valence electrons. The smallest absolute Gasteiger partial charge is 0.415 e. The van der Waals surface area contributed by atoms with Gasteiger partial charge >= 0.3 is 6.09 Å². The number of hydrogen-bond acceptors (Lipinski definition) is 5. The summed E-state index contributed by atoms with van der Waals surface area (Å²) < 4.78 is 5.21. The molecule has 1 aliphatic rings. The molecule has 0 spiro atoms. The van der Waals surface area contributed by atoms with Crippen LogP contribution in [0.3, 0.4) is 0 Å². The zero-order chi connectivity index (χ0) is 13.3. The average molecular weight is 266 g/mol. The highest BCUT2D eigenvalue weighted by Gasteiger charge is 2.33. The van der Waals surface area contributed by atoms with Crippen LogP contribution in [-0.2, 0) is 4.74 Å². The van der Waals surface area contributed by atoms with E-state index >= 15 is 0 Å². The lowest BCUT2D eigenvalue weighted by Crippen LogP contribution is -2.49. The summed E-state index contributed by atoms with van der Waals surface area (Å²) in [5.41, 5.74) is 0.573. The molecule has 1 atom stereocenters. The van der Waals surface area contributed by atoms with E-state index in [1.54, 1.807) is 20.0 Å². The van der Waals surface area contributed by atoms with E-state index in [-0.39, 0.29) is 12.1 Å². The van der Waals surface area contributed by atoms with Crippen LogP contribution in [0.1, 0.15) is 20.8 Å². The molecule has 0 radical (unpaired) electrons. The van der Waals surface area contributed by atoms with Crippen molar-refractivity contribution < 1.29 is 9.53 Å². The largest absolute Gasteiger partial charge is 0.446 e. The fourth-order valence-electron chi connectivity index (χ4n) is 1.66. The molecule has 1 aromatic heterocycles. The minimum Gasteiger partial charge on any atom is -0.446 e. The molecule has 1 unspecified atom stereocenters. The molecule has 1 amide bonds. The number of fused-ring (bicyclic) bond motifs is 1. The summed E-state index contributed by atoms with van der Waals surface area (Å²) in [5, 5.41) is 2.98. The summed E-state index contributed by atoms with van der Waals surface area (Å²) in [5.74, 6) is 0.522. The van der Waals surface area contributed by atoms with Crippen molar-refractivity contribution in [3.63, 3.8) is 0 Å². The Morgan fingerprint density at radius 2 is 2.33 bits per heavy atom. The highest BCUT2D eigenvalue weighted by molar-refractivity contribution is 7.80. The van der Waals surface area contributed by atoms with Gasteiger partial charge in [-0.05, 0) is 20.8 Å². The summed E-state index contributed by atoms with van der Waals surface area (Å²) in [6.07, 6.45) is 2.32. The lowest BCUT2D eigenvalue weighted by atomic mass is 10.2. The number of amides is 1. The minimum absolute atomic E-state index is 0.193. The van der Waals surface area contributed by atoms with E-state index in [1.807, 2.05) is 6.92 Å². The van der Waals surface area contributed by atoms with Crippen molar-refractivity contribution in [2.75, 3.05) is 10.2 Å². The molecule has 2 rings (SSSR count). The second-order valence-electron chi connectivity index (χ2n) is 4.22. The highest BCUT2D eigenvalue weighted by atomic mass is 32.1. The van der Waals surface area contributed by atoms with Gasteiger partial charge in [-0.3, -0.25) is 4.90 Å². The van der Waals surface area contributed by atoms with Crippen LogP contribution < -0.4 is 10.2 Å². The number of anilines is 2. The van der Waals surface area contributed by atoms with Gasteiger partial charge in [0, 0.05) is 0 Å². The first-order chi connectivity index (χ1) is 8.50. The summed E-state index contributed by atoms with van der Waals surface area (Å²) in [6.45, 7) is 5.42. The number of rotatable bonds is 1. The summed E-state index contributed by atoms with van der Waals surface area (Å²) >= 11 is 5.19. The Hall–Kier alpha value is -1.76. The Labute approximate surface area is 110 Å². The van der Waals surface area contributed by atoms with E-state index in [0.29, 0.717) is 16.5 Å². The minimum atomic E-state index is -0.447. The first-order valence-corrected chi connectivity index (χ1v) is 6.02. The fourth-order valence-corrected chi connectivity index (χ4v) is 1.86. The van der Waals surface area contributed by atoms with E-state index in [1.165, 1.54) is 11.2 Å².